The SMILES string of the molecule is CN(C)[C@@H]1C[C@H]2C[C@@H]1C[C@H]2NC(=S)Nc1cc(C(F)(F)F)cc(C(F)(F)F)c1. The maximum Gasteiger partial charge on any atom is 0.416 e. The number of hydrogen-bond donors (Lipinski definition) is 2. The molecular formula is C18H21F6N3S. The van der Waals surface area contributed by atoms with Crippen molar-refractivity contribution in [1.82, 2.24) is 10.2 Å². The third kappa shape index (κ3) is 4.53. The molecule has 0 saturated heterocycles. The molecule has 0 spiro atoms. The van der Waals surface area contributed by atoms with E-state index in [1.54, 1.807) is 0 Å². The topological polar surface area (TPSA) is 27.3 Å². The van der Waals surface area contributed by atoms with Crippen LogP contribution in [-0.4, -0.2) is 36.2 Å². The molecule has 2 saturated carbocycles. The van der Waals surface area contributed by atoms with Gasteiger partial charge in [-0.1, -0.05) is 0 Å². The van der Waals surface area contributed by atoms with Crippen LogP contribution in [0.15, 0.2) is 18.2 Å². The smallest absolute Gasteiger partial charge is 0.359 e. The van der Waals surface area contributed by atoms with Gasteiger partial charge in [0.25, 0.3) is 0 Å². The van der Waals surface area contributed by atoms with Gasteiger partial charge in [0, 0.05) is 17.8 Å². The van der Waals surface area contributed by atoms with Gasteiger partial charge in [0.15, 0.2) is 5.11 Å². The molecule has 0 aromatic heterocycles. The lowest BCUT2D eigenvalue weighted by atomic mass is 9.91. The molecule has 2 fully saturated rings. The van der Waals surface area contributed by atoms with Gasteiger partial charge in [-0.2, -0.15) is 26.3 Å². The molecule has 0 aliphatic heterocycles. The number of benzene rings is 1. The van der Waals surface area contributed by atoms with Gasteiger partial charge in [-0.25, -0.2) is 0 Å². The predicted octanol–water partition coefficient (Wildman–Crippen LogP) is 4.74. The first-order valence-corrected chi connectivity index (χ1v) is 9.29. The molecular weight excluding hydrogens is 404 g/mol. The second-order valence-corrected chi connectivity index (χ2v) is 8.17. The Kier molecular flexibility index (Phi) is 5.57. The Balaban J connectivity index is 1.69. The van der Waals surface area contributed by atoms with Gasteiger partial charge in [0.2, 0.25) is 0 Å². The molecule has 2 aliphatic carbocycles. The molecule has 0 radical (unpaired) electrons. The van der Waals surface area contributed by atoms with E-state index in [0.717, 1.165) is 19.3 Å². The minimum absolute atomic E-state index is 0.0337. The molecule has 0 amide bonds. The maximum atomic E-state index is 13.0. The van der Waals surface area contributed by atoms with E-state index in [2.05, 4.69) is 15.5 Å². The lowest BCUT2D eigenvalue weighted by Gasteiger charge is -2.33. The van der Waals surface area contributed by atoms with Crippen molar-refractivity contribution < 1.29 is 26.3 Å². The summed E-state index contributed by atoms with van der Waals surface area (Å²) in [5.74, 6) is 0.912. The Labute approximate surface area is 164 Å². The minimum Gasteiger partial charge on any atom is -0.359 e. The van der Waals surface area contributed by atoms with Crippen LogP contribution >= 0.6 is 12.2 Å². The van der Waals surface area contributed by atoms with Crippen LogP contribution in [0.2, 0.25) is 0 Å². The largest absolute Gasteiger partial charge is 0.416 e. The van der Waals surface area contributed by atoms with E-state index in [0.29, 0.717) is 30.0 Å². The van der Waals surface area contributed by atoms with Crippen molar-refractivity contribution in [3.63, 3.8) is 0 Å². The van der Waals surface area contributed by atoms with E-state index in [9.17, 15) is 26.3 Å². The summed E-state index contributed by atoms with van der Waals surface area (Å²) in [4.78, 5) is 2.19. The van der Waals surface area contributed by atoms with E-state index in [-0.39, 0.29) is 22.9 Å². The highest BCUT2D eigenvalue weighted by Gasteiger charge is 2.46. The zero-order valence-electron chi connectivity index (χ0n) is 15.3. The fourth-order valence-electron chi connectivity index (χ4n) is 4.42. The number of fused-ring (bicyclic) bond motifs is 2. The van der Waals surface area contributed by atoms with E-state index >= 15 is 0 Å². The molecule has 156 valence electrons. The van der Waals surface area contributed by atoms with Gasteiger partial charge in [-0.3, -0.25) is 0 Å². The van der Waals surface area contributed by atoms with Gasteiger partial charge in [0.05, 0.1) is 11.1 Å². The van der Waals surface area contributed by atoms with Gasteiger partial charge >= 0.3 is 12.4 Å². The highest BCUT2D eigenvalue weighted by atomic mass is 32.1. The Hall–Kier alpha value is -1.55. The standard InChI is InChI=1S/C18H21F6N3S/c1-27(2)15-5-9-3-10(15)4-14(9)26-16(28)25-13-7-11(17(19,20)21)6-12(8-13)18(22,23)24/h6-10,14-15H,3-5H2,1-2H3,(H2,25,26,28)/t9-,10-,14-,15-/m1/s1. The fourth-order valence-corrected chi connectivity index (χ4v) is 4.69. The molecule has 3 rings (SSSR count). The molecule has 2 N–H and O–H groups in total. The molecule has 10 heteroatoms. The minimum atomic E-state index is -4.89. The zero-order chi connectivity index (χ0) is 20.9. The van der Waals surface area contributed by atoms with Crippen molar-refractivity contribution in [2.45, 2.75) is 43.7 Å². The van der Waals surface area contributed by atoms with Crippen molar-refractivity contribution in [2.75, 3.05) is 19.4 Å². The van der Waals surface area contributed by atoms with Crippen molar-refractivity contribution in [1.29, 1.82) is 0 Å². The summed E-state index contributed by atoms with van der Waals surface area (Å²) in [6, 6.07) is 1.94. The van der Waals surface area contributed by atoms with E-state index in [1.807, 2.05) is 14.1 Å². The summed E-state index contributed by atoms with van der Waals surface area (Å²) in [5.41, 5.74) is -3.09. The van der Waals surface area contributed by atoms with Gasteiger partial charge in [-0.05, 0) is 75.6 Å². The number of thiocarbonyl (C=S) groups is 1. The number of alkyl halides is 6. The third-order valence-corrected chi connectivity index (χ3v) is 5.86. The molecule has 2 bridgehead atoms. The number of rotatable bonds is 3. The number of nitrogens with zero attached hydrogens (tertiary/aromatic N) is 1. The molecule has 28 heavy (non-hydrogen) atoms. The highest BCUT2D eigenvalue weighted by Crippen LogP contribution is 2.46. The van der Waals surface area contributed by atoms with E-state index < -0.39 is 23.5 Å². The van der Waals surface area contributed by atoms with Crippen LogP contribution in [0.25, 0.3) is 0 Å². The van der Waals surface area contributed by atoms with E-state index in [4.69, 9.17) is 12.2 Å². The molecule has 0 unspecified atom stereocenters. The average Bonchev–Trinajstić information content (AvgIpc) is 3.12. The number of anilines is 1. The number of nitrogens with one attached hydrogen (secondary N) is 2. The first-order chi connectivity index (χ1) is 12.8. The van der Waals surface area contributed by atoms with Gasteiger partial charge < -0.3 is 15.5 Å². The summed E-state index contributed by atoms with van der Waals surface area (Å²) in [6.45, 7) is 0. The van der Waals surface area contributed by atoms with Crippen molar-refractivity contribution in [3.05, 3.63) is 29.3 Å². The average molecular weight is 425 g/mol. The van der Waals surface area contributed by atoms with Gasteiger partial charge in [-0.15, -0.1) is 0 Å². The van der Waals surface area contributed by atoms with Crippen LogP contribution in [-0.2, 0) is 12.4 Å². The normalized spacial score (nSPS) is 27.3. The summed E-state index contributed by atoms with van der Waals surface area (Å²) in [7, 11) is 4.07. The van der Waals surface area contributed by atoms with Crippen LogP contribution in [0, 0.1) is 11.8 Å². The lowest BCUT2D eigenvalue weighted by molar-refractivity contribution is -0.143. The summed E-state index contributed by atoms with van der Waals surface area (Å²) < 4.78 is 77.7. The quantitative estimate of drug-likeness (QED) is 0.541. The van der Waals surface area contributed by atoms with Crippen LogP contribution in [0.4, 0.5) is 32.0 Å². The Morgan fingerprint density at radius 1 is 0.929 bits per heavy atom. The zero-order valence-corrected chi connectivity index (χ0v) is 16.1. The third-order valence-electron chi connectivity index (χ3n) is 5.64. The maximum absolute atomic E-state index is 13.0. The molecule has 4 atom stereocenters. The fraction of sp³-hybridized carbons (Fsp3) is 0.611. The highest BCUT2D eigenvalue weighted by molar-refractivity contribution is 7.80. The second kappa shape index (κ2) is 7.37. The molecule has 1 aromatic carbocycles. The molecule has 1 aromatic rings. The van der Waals surface area contributed by atoms with Gasteiger partial charge in [0.1, 0.15) is 0 Å². The van der Waals surface area contributed by atoms with E-state index in [1.165, 1.54) is 0 Å². The Morgan fingerprint density at radius 2 is 1.50 bits per heavy atom. The van der Waals surface area contributed by atoms with Crippen molar-refractivity contribution in [2.24, 2.45) is 11.8 Å². The Morgan fingerprint density at radius 3 is 1.93 bits per heavy atom. The molecule has 0 heterocycles. The summed E-state index contributed by atoms with van der Waals surface area (Å²) in [5, 5.41) is 5.60. The first-order valence-electron chi connectivity index (χ1n) is 8.88. The van der Waals surface area contributed by atoms with Crippen LogP contribution in [0.5, 0.6) is 0 Å². The van der Waals surface area contributed by atoms with Crippen molar-refractivity contribution >= 4 is 23.0 Å². The predicted molar refractivity (Wildman–Crippen MR) is 97.9 cm³/mol. The second-order valence-electron chi connectivity index (χ2n) is 7.76. The first kappa shape index (κ1) is 21.2. The summed E-state index contributed by atoms with van der Waals surface area (Å²) in [6.07, 6.45) is -6.85. The van der Waals surface area contributed by atoms with Crippen LogP contribution < -0.4 is 10.6 Å². The number of halogens is 6. The Bertz CT molecular complexity index is 714. The monoisotopic (exact) mass is 425 g/mol. The molecule has 3 nitrogen and oxygen atoms in total. The lowest BCUT2D eigenvalue weighted by Crippen LogP contribution is -2.45. The molecule has 2 aliphatic rings. The summed E-state index contributed by atoms with van der Waals surface area (Å²) >= 11 is 5.15. The van der Waals surface area contributed by atoms with Crippen LogP contribution in [0.1, 0.15) is 30.4 Å². The number of hydrogen-bond acceptors (Lipinski definition) is 2. The van der Waals surface area contributed by atoms with Crippen LogP contribution in [0.3, 0.4) is 0 Å². The van der Waals surface area contributed by atoms with Crippen molar-refractivity contribution in [3.8, 4) is 0 Å².